The molecule has 1 aromatic carbocycles. The van der Waals surface area contributed by atoms with Crippen molar-refractivity contribution in [2.75, 3.05) is 53.0 Å². The molecule has 27 heavy (non-hydrogen) atoms. The topological polar surface area (TPSA) is 71.1 Å². The van der Waals surface area contributed by atoms with E-state index in [0.717, 1.165) is 18.7 Å². The Kier molecular flexibility index (Phi) is 6.88. The molecule has 3 rings (SSSR count). The highest BCUT2D eigenvalue weighted by atomic mass is 32.2. The van der Waals surface area contributed by atoms with Gasteiger partial charge in [0.15, 0.2) is 0 Å². The lowest BCUT2D eigenvalue weighted by Gasteiger charge is -2.27. The van der Waals surface area contributed by atoms with Gasteiger partial charge in [-0.3, -0.25) is 9.74 Å². The maximum Gasteiger partial charge on any atom is 0.218 e. The summed E-state index contributed by atoms with van der Waals surface area (Å²) in [5.74, 6) is 0.443. The fourth-order valence-electron chi connectivity index (χ4n) is 3.64. The molecule has 1 aromatic rings. The Balaban J connectivity index is 1.65. The summed E-state index contributed by atoms with van der Waals surface area (Å²) in [6, 6.07) is 7.86. The molecule has 7 nitrogen and oxygen atoms in total. The number of nitrogens with one attached hydrogen (secondary N) is 1. The number of hydrogen-bond donors (Lipinski definition) is 1. The highest BCUT2D eigenvalue weighted by Gasteiger charge is 2.43. The molecule has 2 unspecified atom stereocenters. The van der Waals surface area contributed by atoms with Crippen LogP contribution in [0.25, 0.3) is 0 Å². The summed E-state index contributed by atoms with van der Waals surface area (Å²) >= 11 is 0. The molecule has 2 atom stereocenters. The fraction of sp³-hybridized carbons (Fsp3) is 0.684. The van der Waals surface area contributed by atoms with Crippen molar-refractivity contribution in [3.8, 4) is 0 Å². The van der Waals surface area contributed by atoms with Crippen LogP contribution in [-0.4, -0.2) is 76.7 Å². The Morgan fingerprint density at radius 1 is 1.19 bits per heavy atom. The van der Waals surface area contributed by atoms with Gasteiger partial charge in [0.05, 0.1) is 25.9 Å². The summed E-state index contributed by atoms with van der Waals surface area (Å²) in [6.07, 6.45) is 0. The zero-order chi connectivity index (χ0) is 19.4. The molecule has 8 heteroatoms. The Morgan fingerprint density at radius 2 is 1.85 bits per heavy atom. The molecule has 2 saturated heterocycles. The normalized spacial score (nSPS) is 25.3. The molecule has 152 valence electrons. The monoisotopic (exact) mass is 397 g/mol. The van der Waals surface area contributed by atoms with Crippen LogP contribution in [-0.2, 0) is 19.6 Å². The molecule has 2 fully saturated rings. The molecule has 2 heterocycles. The van der Waals surface area contributed by atoms with Gasteiger partial charge in [-0.1, -0.05) is 38.1 Å². The second-order valence-electron chi connectivity index (χ2n) is 7.54. The second kappa shape index (κ2) is 8.98. The van der Waals surface area contributed by atoms with Crippen LogP contribution in [0.2, 0.25) is 0 Å². The molecule has 2 aliphatic rings. The van der Waals surface area contributed by atoms with Crippen molar-refractivity contribution in [1.82, 2.24) is 14.7 Å². The summed E-state index contributed by atoms with van der Waals surface area (Å²) in [7, 11) is -1.70. The first-order valence-electron chi connectivity index (χ1n) is 9.62. The van der Waals surface area contributed by atoms with Crippen molar-refractivity contribution in [3.05, 3.63) is 35.4 Å². The van der Waals surface area contributed by atoms with Gasteiger partial charge in [-0.05, 0) is 17.0 Å². The molecule has 0 bridgehead atoms. The van der Waals surface area contributed by atoms with Crippen LogP contribution in [0.1, 0.15) is 36.9 Å². The molecule has 1 N–H and O–H groups in total. The third-order valence-electron chi connectivity index (χ3n) is 5.36. The zero-order valence-electron chi connectivity index (χ0n) is 16.4. The van der Waals surface area contributed by atoms with E-state index < -0.39 is 15.3 Å². The van der Waals surface area contributed by atoms with E-state index in [0.29, 0.717) is 32.2 Å². The Labute approximate surface area is 162 Å². The van der Waals surface area contributed by atoms with E-state index >= 15 is 0 Å². The van der Waals surface area contributed by atoms with Crippen LogP contribution in [0.5, 0.6) is 0 Å². The van der Waals surface area contributed by atoms with Gasteiger partial charge < -0.3 is 4.74 Å². The number of ether oxygens (including phenoxy) is 1. The van der Waals surface area contributed by atoms with Crippen molar-refractivity contribution >= 4 is 10.0 Å². The number of benzene rings is 1. The molecule has 0 saturated carbocycles. The lowest BCUT2D eigenvalue weighted by atomic mass is 9.98. The molecule has 0 spiro atoms. The van der Waals surface area contributed by atoms with Crippen LogP contribution in [0.15, 0.2) is 24.3 Å². The molecular weight excluding hydrogens is 366 g/mol. The van der Waals surface area contributed by atoms with E-state index in [1.54, 1.807) is 12.1 Å². The quantitative estimate of drug-likeness (QED) is 0.749. The maximum absolute atomic E-state index is 12.9. The van der Waals surface area contributed by atoms with Crippen molar-refractivity contribution < 1.29 is 18.0 Å². The lowest BCUT2D eigenvalue weighted by molar-refractivity contribution is -0.110. The van der Waals surface area contributed by atoms with E-state index in [1.165, 1.54) is 5.56 Å². The zero-order valence-corrected chi connectivity index (χ0v) is 17.2. The molecule has 2 aliphatic heterocycles. The van der Waals surface area contributed by atoms with Gasteiger partial charge in [0.2, 0.25) is 10.0 Å². The number of hydrogen-bond acceptors (Lipinski definition) is 6. The fourth-order valence-corrected chi connectivity index (χ4v) is 5.13. The summed E-state index contributed by atoms with van der Waals surface area (Å²) in [4.78, 5) is 7.79. The first kappa shape index (κ1) is 20.7. The van der Waals surface area contributed by atoms with E-state index in [1.807, 2.05) is 12.1 Å². The van der Waals surface area contributed by atoms with E-state index in [9.17, 15) is 8.42 Å². The van der Waals surface area contributed by atoms with Gasteiger partial charge >= 0.3 is 0 Å². The Bertz CT molecular complexity index is 702. The summed E-state index contributed by atoms with van der Waals surface area (Å²) < 4.78 is 33.9. The van der Waals surface area contributed by atoms with Crippen LogP contribution in [0.3, 0.4) is 0 Å². The summed E-state index contributed by atoms with van der Waals surface area (Å²) in [6.45, 7) is 8.67. The highest BCUT2D eigenvalue weighted by Crippen LogP contribution is 2.33. The van der Waals surface area contributed by atoms with Gasteiger partial charge in [0.25, 0.3) is 0 Å². The largest absolute Gasteiger partial charge is 0.379 e. The van der Waals surface area contributed by atoms with Crippen LogP contribution >= 0.6 is 0 Å². The van der Waals surface area contributed by atoms with Gasteiger partial charge in [-0.15, -0.1) is 0 Å². The van der Waals surface area contributed by atoms with Gasteiger partial charge in [-0.25, -0.2) is 13.1 Å². The summed E-state index contributed by atoms with van der Waals surface area (Å²) in [5, 5.41) is 1.04. The van der Waals surface area contributed by atoms with E-state index in [4.69, 9.17) is 9.57 Å². The van der Waals surface area contributed by atoms with Crippen LogP contribution < -0.4 is 4.72 Å². The Morgan fingerprint density at radius 3 is 2.48 bits per heavy atom. The predicted octanol–water partition coefficient (Wildman–Crippen LogP) is 1.35. The second-order valence-corrected chi connectivity index (χ2v) is 9.52. The molecule has 0 aliphatic carbocycles. The van der Waals surface area contributed by atoms with Gasteiger partial charge in [-0.2, -0.15) is 5.06 Å². The van der Waals surface area contributed by atoms with E-state index in [2.05, 4.69) is 35.6 Å². The highest BCUT2D eigenvalue weighted by molar-refractivity contribution is 7.90. The lowest BCUT2D eigenvalue weighted by Crippen LogP contribution is -2.44. The SMILES string of the molecule is CC(C)c1ccc(C2C(S(=O)(=O)NCCN3CCOCC3)CON2C)cc1. The predicted molar refractivity (Wildman–Crippen MR) is 105 cm³/mol. The van der Waals surface area contributed by atoms with Crippen molar-refractivity contribution in [2.24, 2.45) is 0 Å². The van der Waals surface area contributed by atoms with Crippen LogP contribution in [0, 0.1) is 0 Å². The number of sulfonamides is 1. The first-order chi connectivity index (χ1) is 12.9. The number of morpholine rings is 1. The van der Waals surface area contributed by atoms with E-state index in [-0.39, 0.29) is 12.6 Å². The third-order valence-corrected chi connectivity index (χ3v) is 7.16. The average Bonchev–Trinajstić information content (AvgIpc) is 3.05. The molecule has 0 amide bonds. The third kappa shape index (κ3) is 5.07. The maximum atomic E-state index is 12.9. The molecular formula is C19H31N3O4S. The molecule has 0 aromatic heterocycles. The first-order valence-corrected chi connectivity index (χ1v) is 11.2. The number of nitrogens with zero attached hydrogens (tertiary/aromatic N) is 2. The van der Waals surface area contributed by atoms with Crippen LogP contribution in [0.4, 0.5) is 0 Å². The van der Waals surface area contributed by atoms with Crippen molar-refractivity contribution in [3.63, 3.8) is 0 Å². The standard InChI is InChI=1S/C19H31N3O4S/c1-15(2)16-4-6-17(7-5-16)19-18(14-26-21(19)3)27(23,24)20-8-9-22-10-12-25-13-11-22/h4-7,15,18-20H,8-14H2,1-3H3. The molecule has 0 radical (unpaired) electrons. The minimum Gasteiger partial charge on any atom is -0.379 e. The van der Waals surface area contributed by atoms with Gasteiger partial charge in [0.1, 0.15) is 5.25 Å². The smallest absolute Gasteiger partial charge is 0.218 e. The van der Waals surface area contributed by atoms with Crippen molar-refractivity contribution in [1.29, 1.82) is 0 Å². The average molecular weight is 398 g/mol. The van der Waals surface area contributed by atoms with Gasteiger partial charge in [0, 0.05) is 33.2 Å². The Hall–Kier alpha value is -1.03. The summed E-state index contributed by atoms with van der Waals surface area (Å²) in [5.41, 5.74) is 2.20. The minimum atomic E-state index is -3.49. The minimum absolute atomic E-state index is 0.167. The number of rotatable bonds is 7. The number of hydroxylamine groups is 2. The van der Waals surface area contributed by atoms with Crippen molar-refractivity contribution in [2.45, 2.75) is 31.1 Å².